The van der Waals surface area contributed by atoms with E-state index in [0.29, 0.717) is 15.5 Å². The van der Waals surface area contributed by atoms with Gasteiger partial charge in [-0.05, 0) is 35.5 Å². The van der Waals surface area contributed by atoms with Crippen LogP contribution in [0.25, 0.3) is 10.4 Å². The van der Waals surface area contributed by atoms with Gasteiger partial charge in [-0.2, -0.15) is 13.2 Å². The van der Waals surface area contributed by atoms with Gasteiger partial charge in [-0.1, -0.05) is 16.6 Å². The van der Waals surface area contributed by atoms with Gasteiger partial charge in [0.15, 0.2) is 0 Å². The molecule has 0 spiro atoms. The Morgan fingerprint density at radius 1 is 1.29 bits per heavy atom. The van der Waals surface area contributed by atoms with Crippen LogP contribution in [0.4, 0.5) is 13.2 Å². The number of thioether (sulfide) groups is 1. The molecular formula is C10H7F3N2S2. The minimum absolute atomic E-state index is 0.499. The largest absolute Gasteiger partial charge is 0.416 e. The third-order valence-corrected chi connectivity index (χ3v) is 3.68. The Hall–Kier alpha value is -1.08. The molecule has 2 rings (SSSR count). The van der Waals surface area contributed by atoms with Crippen molar-refractivity contribution in [3.8, 4) is 10.4 Å². The molecule has 1 aromatic carbocycles. The Morgan fingerprint density at radius 2 is 2.06 bits per heavy atom. The van der Waals surface area contributed by atoms with Crippen LogP contribution in [-0.4, -0.2) is 15.8 Å². The quantitative estimate of drug-likeness (QED) is 0.777. The van der Waals surface area contributed by atoms with Crippen molar-refractivity contribution >= 4 is 23.3 Å². The Labute approximate surface area is 104 Å². The molecule has 0 aliphatic rings. The fourth-order valence-electron chi connectivity index (χ4n) is 1.33. The van der Waals surface area contributed by atoms with E-state index in [9.17, 15) is 13.2 Å². The second kappa shape index (κ2) is 4.66. The first kappa shape index (κ1) is 12.4. The lowest BCUT2D eigenvalue weighted by Gasteiger charge is -2.07. The predicted octanol–water partition coefficient (Wildman–Crippen LogP) is 3.95. The van der Waals surface area contributed by atoms with E-state index in [2.05, 4.69) is 9.59 Å². The molecule has 0 unspecified atom stereocenters. The fourth-order valence-corrected chi connectivity index (χ4v) is 2.72. The molecule has 1 heterocycles. The molecule has 2 aromatic rings. The second-order valence-electron chi connectivity index (χ2n) is 3.19. The zero-order valence-electron chi connectivity index (χ0n) is 8.65. The van der Waals surface area contributed by atoms with E-state index in [-0.39, 0.29) is 0 Å². The second-order valence-corrected chi connectivity index (χ2v) is 4.74. The number of nitrogens with zero attached hydrogens (tertiary/aromatic N) is 2. The van der Waals surface area contributed by atoms with Crippen molar-refractivity contribution in [1.82, 2.24) is 9.59 Å². The van der Waals surface area contributed by atoms with E-state index in [4.69, 9.17) is 0 Å². The summed E-state index contributed by atoms with van der Waals surface area (Å²) in [5.74, 6) is 0. The molecule has 0 aliphatic carbocycles. The van der Waals surface area contributed by atoms with Crippen LogP contribution < -0.4 is 0 Å². The molecule has 90 valence electrons. The maximum absolute atomic E-state index is 12.6. The van der Waals surface area contributed by atoms with Crippen LogP contribution in [-0.2, 0) is 6.18 Å². The third-order valence-electron chi connectivity index (χ3n) is 2.10. The van der Waals surface area contributed by atoms with Gasteiger partial charge < -0.3 is 0 Å². The summed E-state index contributed by atoms with van der Waals surface area (Å²) in [6.45, 7) is 0. The lowest BCUT2D eigenvalue weighted by atomic mass is 10.1. The van der Waals surface area contributed by atoms with Crippen molar-refractivity contribution in [3.63, 3.8) is 0 Å². The molecule has 0 N–H and O–H groups in total. The Bertz CT molecular complexity index is 522. The summed E-state index contributed by atoms with van der Waals surface area (Å²) in [6.07, 6.45) is -2.51. The van der Waals surface area contributed by atoms with Gasteiger partial charge in [0, 0.05) is 0 Å². The van der Waals surface area contributed by atoms with Crippen LogP contribution in [0.1, 0.15) is 5.56 Å². The Balaban J connectivity index is 2.47. The van der Waals surface area contributed by atoms with E-state index >= 15 is 0 Å². The van der Waals surface area contributed by atoms with Crippen LogP contribution in [0, 0.1) is 0 Å². The van der Waals surface area contributed by atoms with Gasteiger partial charge in [0.05, 0.1) is 10.4 Å². The van der Waals surface area contributed by atoms with Gasteiger partial charge in [0.2, 0.25) is 0 Å². The normalized spacial score (nSPS) is 11.8. The van der Waals surface area contributed by atoms with Gasteiger partial charge in [-0.3, -0.25) is 0 Å². The van der Waals surface area contributed by atoms with Gasteiger partial charge in [-0.15, -0.1) is 16.9 Å². The summed E-state index contributed by atoms with van der Waals surface area (Å²) in [7, 11) is 0. The van der Waals surface area contributed by atoms with E-state index in [1.54, 1.807) is 6.07 Å². The first-order chi connectivity index (χ1) is 8.02. The molecule has 0 bridgehead atoms. The number of halogens is 3. The smallest absolute Gasteiger partial charge is 0.166 e. The monoisotopic (exact) mass is 276 g/mol. The van der Waals surface area contributed by atoms with Crippen LogP contribution in [0.2, 0.25) is 0 Å². The highest BCUT2D eigenvalue weighted by Crippen LogP contribution is 2.35. The number of benzene rings is 1. The highest BCUT2D eigenvalue weighted by molar-refractivity contribution is 7.98. The summed E-state index contributed by atoms with van der Waals surface area (Å²) in [5, 5.41) is 4.50. The van der Waals surface area contributed by atoms with Gasteiger partial charge >= 0.3 is 6.18 Å². The summed E-state index contributed by atoms with van der Waals surface area (Å²) in [6, 6.07) is 5.19. The molecule has 2 nitrogen and oxygen atoms in total. The van der Waals surface area contributed by atoms with Crippen molar-refractivity contribution in [3.05, 3.63) is 29.8 Å². The van der Waals surface area contributed by atoms with Crippen molar-refractivity contribution in [2.75, 3.05) is 6.26 Å². The molecule has 0 atom stereocenters. The summed E-state index contributed by atoms with van der Waals surface area (Å²) in [4.78, 5) is 0.670. The summed E-state index contributed by atoms with van der Waals surface area (Å²) >= 11 is 2.46. The Kier molecular flexibility index (Phi) is 3.39. The van der Waals surface area contributed by atoms with Gasteiger partial charge in [0.25, 0.3) is 0 Å². The molecule has 7 heteroatoms. The minimum atomic E-state index is -4.33. The lowest BCUT2D eigenvalue weighted by molar-refractivity contribution is -0.137. The third kappa shape index (κ3) is 2.61. The van der Waals surface area contributed by atoms with Crippen molar-refractivity contribution in [1.29, 1.82) is 0 Å². The molecular weight excluding hydrogens is 269 g/mol. The molecule has 17 heavy (non-hydrogen) atoms. The van der Waals surface area contributed by atoms with Crippen molar-refractivity contribution < 1.29 is 13.2 Å². The lowest BCUT2D eigenvalue weighted by Crippen LogP contribution is -2.04. The van der Waals surface area contributed by atoms with Crippen LogP contribution in [0.5, 0.6) is 0 Å². The SMILES string of the molecule is CSc1nnsc1-c1cccc(C(F)(F)F)c1. The molecule has 0 fully saturated rings. The fraction of sp³-hybridized carbons (Fsp3) is 0.200. The zero-order valence-corrected chi connectivity index (χ0v) is 10.3. The molecule has 0 saturated heterocycles. The number of rotatable bonds is 2. The van der Waals surface area contributed by atoms with E-state index < -0.39 is 11.7 Å². The maximum Gasteiger partial charge on any atom is 0.416 e. The molecule has 0 aliphatic heterocycles. The van der Waals surface area contributed by atoms with Gasteiger partial charge in [-0.25, -0.2) is 0 Å². The molecule has 1 aromatic heterocycles. The number of hydrogen-bond acceptors (Lipinski definition) is 4. The van der Waals surface area contributed by atoms with E-state index in [1.165, 1.54) is 17.8 Å². The minimum Gasteiger partial charge on any atom is -0.166 e. The summed E-state index contributed by atoms with van der Waals surface area (Å²) in [5.41, 5.74) is -0.158. The molecule has 0 saturated carbocycles. The standard InChI is InChI=1S/C10H7F3N2S2/c1-16-9-8(17-15-14-9)6-3-2-4-7(5-6)10(11,12)13/h2-5H,1H3. The molecule has 0 amide bonds. The van der Waals surface area contributed by atoms with Crippen LogP contribution >= 0.6 is 23.3 Å². The Morgan fingerprint density at radius 3 is 2.71 bits per heavy atom. The first-order valence-corrected chi connectivity index (χ1v) is 6.56. The average Bonchev–Trinajstić information content (AvgIpc) is 2.76. The van der Waals surface area contributed by atoms with Crippen LogP contribution in [0.15, 0.2) is 29.3 Å². The predicted molar refractivity (Wildman–Crippen MR) is 62.1 cm³/mol. The van der Waals surface area contributed by atoms with E-state index in [0.717, 1.165) is 23.7 Å². The first-order valence-electron chi connectivity index (χ1n) is 4.56. The van der Waals surface area contributed by atoms with Crippen LogP contribution in [0.3, 0.4) is 0 Å². The highest BCUT2D eigenvalue weighted by Gasteiger charge is 2.30. The number of alkyl halides is 3. The topological polar surface area (TPSA) is 25.8 Å². The van der Waals surface area contributed by atoms with Crippen molar-refractivity contribution in [2.45, 2.75) is 11.2 Å². The van der Waals surface area contributed by atoms with E-state index in [1.807, 2.05) is 6.26 Å². The van der Waals surface area contributed by atoms with Gasteiger partial charge in [0.1, 0.15) is 5.03 Å². The van der Waals surface area contributed by atoms with Crippen molar-refractivity contribution in [2.24, 2.45) is 0 Å². The number of aromatic nitrogens is 2. The summed E-state index contributed by atoms with van der Waals surface area (Å²) < 4.78 is 41.4. The highest BCUT2D eigenvalue weighted by atomic mass is 32.2. The average molecular weight is 276 g/mol. The molecule has 0 radical (unpaired) electrons. The zero-order chi connectivity index (χ0) is 12.5. The number of hydrogen-bond donors (Lipinski definition) is 0. The maximum atomic E-state index is 12.6.